The van der Waals surface area contributed by atoms with Crippen molar-refractivity contribution in [3.8, 4) is 29.3 Å². The molecule has 0 saturated carbocycles. The third kappa shape index (κ3) is 5.29. The van der Waals surface area contributed by atoms with E-state index >= 15 is 0 Å². The summed E-state index contributed by atoms with van der Waals surface area (Å²) in [6.45, 7) is 0. The molecule has 3 aromatic rings. The average Bonchev–Trinajstić information content (AvgIpc) is 2.78. The lowest BCUT2D eigenvalue weighted by molar-refractivity contribution is -0.133. The Morgan fingerprint density at radius 2 is 1.74 bits per heavy atom. The molecule has 156 valence electrons. The van der Waals surface area contributed by atoms with Crippen LogP contribution in [-0.4, -0.2) is 30.2 Å². The third-order valence-electron chi connectivity index (χ3n) is 3.93. The molecule has 0 aliphatic rings. The van der Waals surface area contributed by atoms with Crippen molar-refractivity contribution in [3.63, 3.8) is 0 Å². The summed E-state index contributed by atoms with van der Waals surface area (Å²) in [5.41, 5.74) is 0.908. The Bertz CT molecular complexity index is 1170. The number of hydrogen-bond donors (Lipinski definition) is 0. The van der Waals surface area contributed by atoms with E-state index in [4.69, 9.17) is 30.5 Å². The summed E-state index contributed by atoms with van der Waals surface area (Å²) in [7, 11) is 2.69. The van der Waals surface area contributed by atoms with Crippen LogP contribution in [0.4, 0.5) is 0 Å². The van der Waals surface area contributed by atoms with Crippen molar-refractivity contribution < 1.29 is 23.7 Å². The quantitative estimate of drug-likeness (QED) is 0.296. The Kier molecular flexibility index (Phi) is 7.04. The Hall–Kier alpha value is -4.09. The van der Waals surface area contributed by atoms with E-state index in [-0.39, 0.29) is 23.1 Å². The zero-order chi connectivity index (χ0) is 22.2. The van der Waals surface area contributed by atoms with Gasteiger partial charge >= 0.3 is 5.97 Å². The molecule has 3 rings (SSSR count). The molecule has 0 atom stereocenters. The molecule has 31 heavy (non-hydrogen) atoms. The Labute approximate surface area is 183 Å². The topological polar surface area (TPSA) is 104 Å². The van der Waals surface area contributed by atoms with Crippen molar-refractivity contribution in [2.75, 3.05) is 14.2 Å². The fourth-order valence-electron chi connectivity index (χ4n) is 2.56. The number of aromatic nitrogens is 2. The van der Waals surface area contributed by atoms with Crippen LogP contribution in [0.25, 0.3) is 5.57 Å². The van der Waals surface area contributed by atoms with Crippen LogP contribution in [0.2, 0.25) is 5.02 Å². The highest BCUT2D eigenvalue weighted by molar-refractivity contribution is 6.30. The number of carbonyl (C=O) groups is 1. The number of para-hydroxylation sites is 1. The number of esters is 1. The molecule has 1 heterocycles. The number of methoxy groups -OCH3 is 2. The number of carbonyl (C=O) groups excluding carboxylic acids is 1. The molecule has 2 aromatic carbocycles. The Balaban J connectivity index is 1.91. The first-order chi connectivity index (χ1) is 15.0. The first-order valence-electron chi connectivity index (χ1n) is 8.83. The summed E-state index contributed by atoms with van der Waals surface area (Å²) >= 11 is 5.99. The summed E-state index contributed by atoms with van der Waals surface area (Å²) in [5.74, 6) is 0.286. The minimum Gasteiger partial charge on any atom is -0.503 e. The summed E-state index contributed by atoms with van der Waals surface area (Å²) in [6, 6.07) is 14.9. The van der Waals surface area contributed by atoms with Crippen molar-refractivity contribution in [2.45, 2.75) is 0 Å². The fourth-order valence-corrected chi connectivity index (χ4v) is 2.72. The SMILES string of the molecule is CO/C=C(/C(=O)OC)c1ccccc1Oc1cc(Oc2cc(Cl)ccc2C#N)ncn1. The van der Waals surface area contributed by atoms with Crippen LogP contribution < -0.4 is 9.47 Å². The predicted octanol–water partition coefficient (Wildman–Crippen LogP) is 4.75. The van der Waals surface area contributed by atoms with E-state index < -0.39 is 5.97 Å². The van der Waals surface area contributed by atoms with E-state index in [0.717, 1.165) is 0 Å². The maximum atomic E-state index is 12.1. The van der Waals surface area contributed by atoms with E-state index in [9.17, 15) is 10.1 Å². The van der Waals surface area contributed by atoms with Crippen LogP contribution in [0.5, 0.6) is 23.3 Å². The van der Waals surface area contributed by atoms with Gasteiger partial charge in [0.05, 0.1) is 32.1 Å². The number of nitriles is 1. The first-order valence-corrected chi connectivity index (χ1v) is 9.21. The molecule has 0 spiro atoms. The van der Waals surface area contributed by atoms with Gasteiger partial charge in [0, 0.05) is 16.7 Å². The van der Waals surface area contributed by atoms with Gasteiger partial charge in [-0.2, -0.15) is 5.26 Å². The van der Waals surface area contributed by atoms with E-state index in [0.29, 0.717) is 21.9 Å². The number of nitrogens with zero attached hydrogens (tertiary/aromatic N) is 3. The molecular formula is C22H16ClN3O5. The molecule has 0 unspecified atom stereocenters. The summed E-state index contributed by atoms with van der Waals surface area (Å²) < 4.78 is 21.4. The minimum absolute atomic E-state index is 0.141. The van der Waals surface area contributed by atoms with Crippen molar-refractivity contribution in [2.24, 2.45) is 0 Å². The van der Waals surface area contributed by atoms with Gasteiger partial charge in [-0.15, -0.1) is 0 Å². The molecule has 0 fully saturated rings. The standard InChI is InChI=1S/C22H16ClN3O5/c1-28-12-17(22(27)29-2)16-5-3-4-6-18(16)30-20-10-21(26-13-25-20)31-19-9-15(23)8-7-14(19)11-24/h3-10,12-13H,1-2H3/b17-12+. The number of halogens is 1. The maximum Gasteiger partial charge on any atom is 0.341 e. The molecule has 0 aliphatic carbocycles. The van der Waals surface area contributed by atoms with Gasteiger partial charge in [-0.25, -0.2) is 14.8 Å². The molecule has 0 N–H and O–H groups in total. The lowest BCUT2D eigenvalue weighted by Gasteiger charge is -2.12. The van der Waals surface area contributed by atoms with Gasteiger partial charge in [0.1, 0.15) is 29.5 Å². The summed E-state index contributed by atoms with van der Waals surface area (Å²) in [4.78, 5) is 20.3. The highest BCUT2D eigenvalue weighted by Crippen LogP contribution is 2.32. The van der Waals surface area contributed by atoms with E-state index in [1.165, 1.54) is 38.9 Å². The normalized spacial score (nSPS) is 10.7. The number of ether oxygens (including phenoxy) is 4. The second-order valence-corrected chi connectivity index (χ2v) is 6.34. The van der Waals surface area contributed by atoms with E-state index in [1.54, 1.807) is 36.4 Å². The second-order valence-electron chi connectivity index (χ2n) is 5.91. The van der Waals surface area contributed by atoms with Crippen molar-refractivity contribution in [1.29, 1.82) is 5.26 Å². The van der Waals surface area contributed by atoms with Gasteiger partial charge in [-0.3, -0.25) is 0 Å². The molecule has 0 aliphatic heterocycles. The monoisotopic (exact) mass is 437 g/mol. The van der Waals surface area contributed by atoms with Gasteiger partial charge in [0.15, 0.2) is 0 Å². The lowest BCUT2D eigenvalue weighted by atomic mass is 10.1. The smallest absolute Gasteiger partial charge is 0.341 e. The predicted molar refractivity (Wildman–Crippen MR) is 112 cm³/mol. The van der Waals surface area contributed by atoms with Crippen LogP contribution in [0, 0.1) is 11.3 Å². The number of benzene rings is 2. The molecule has 0 radical (unpaired) electrons. The highest BCUT2D eigenvalue weighted by atomic mass is 35.5. The summed E-state index contributed by atoms with van der Waals surface area (Å²) in [5, 5.41) is 9.66. The zero-order valence-electron chi connectivity index (χ0n) is 16.5. The third-order valence-corrected chi connectivity index (χ3v) is 4.16. The fraction of sp³-hybridized carbons (Fsp3) is 0.0909. The average molecular weight is 438 g/mol. The second kappa shape index (κ2) is 10.1. The van der Waals surface area contributed by atoms with Gasteiger partial charge in [-0.1, -0.05) is 29.8 Å². The lowest BCUT2D eigenvalue weighted by Crippen LogP contribution is -2.06. The van der Waals surface area contributed by atoms with Gasteiger partial charge in [0.25, 0.3) is 0 Å². The van der Waals surface area contributed by atoms with Crippen LogP contribution in [0.3, 0.4) is 0 Å². The molecule has 0 saturated heterocycles. The van der Waals surface area contributed by atoms with E-state index in [2.05, 4.69) is 9.97 Å². The van der Waals surface area contributed by atoms with Gasteiger partial charge in [-0.05, 0) is 18.2 Å². The van der Waals surface area contributed by atoms with Crippen LogP contribution >= 0.6 is 11.6 Å². The molecular weight excluding hydrogens is 422 g/mol. The number of rotatable bonds is 7. The summed E-state index contributed by atoms with van der Waals surface area (Å²) in [6.07, 6.45) is 2.52. The van der Waals surface area contributed by atoms with Crippen molar-refractivity contribution >= 4 is 23.1 Å². The van der Waals surface area contributed by atoms with Crippen LogP contribution in [-0.2, 0) is 14.3 Å². The molecule has 9 heteroatoms. The van der Waals surface area contributed by atoms with Gasteiger partial charge in [0.2, 0.25) is 11.8 Å². The minimum atomic E-state index is -0.588. The molecule has 1 aromatic heterocycles. The maximum absolute atomic E-state index is 12.1. The highest BCUT2D eigenvalue weighted by Gasteiger charge is 2.18. The Morgan fingerprint density at radius 3 is 2.42 bits per heavy atom. The first kappa shape index (κ1) is 21.6. The van der Waals surface area contributed by atoms with Crippen LogP contribution in [0.15, 0.2) is 61.1 Å². The zero-order valence-corrected chi connectivity index (χ0v) is 17.3. The van der Waals surface area contributed by atoms with Crippen LogP contribution in [0.1, 0.15) is 11.1 Å². The van der Waals surface area contributed by atoms with Crippen molar-refractivity contribution in [1.82, 2.24) is 9.97 Å². The Morgan fingerprint density at radius 1 is 1.03 bits per heavy atom. The van der Waals surface area contributed by atoms with E-state index in [1.807, 2.05) is 6.07 Å². The molecule has 0 bridgehead atoms. The molecule has 8 nitrogen and oxygen atoms in total. The molecule has 0 amide bonds. The van der Waals surface area contributed by atoms with Gasteiger partial charge < -0.3 is 18.9 Å². The number of hydrogen-bond acceptors (Lipinski definition) is 8. The van der Waals surface area contributed by atoms with Crippen molar-refractivity contribution in [3.05, 3.63) is 77.3 Å². The largest absolute Gasteiger partial charge is 0.503 e.